The van der Waals surface area contributed by atoms with Gasteiger partial charge in [0.25, 0.3) is 0 Å². The summed E-state index contributed by atoms with van der Waals surface area (Å²) in [5.41, 5.74) is -2.84. The van der Waals surface area contributed by atoms with Gasteiger partial charge < -0.3 is 0 Å². The van der Waals surface area contributed by atoms with Gasteiger partial charge in [-0.3, -0.25) is 0 Å². The zero-order valence-electron chi connectivity index (χ0n) is 16.6. The fourth-order valence-corrected chi connectivity index (χ4v) is 6.85. The van der Waals surface area contributed by atoms with Gasteiger partial charge in [0.2, 0.25) is 13.6 Å². The maximum atomic E-state index is 13.7. The third-order valence-electron chi connectivity index (χ3n) is 4.05. The summed E-state index contributed by atoms with van der Waals surface area (Å²) in [6, 6.07) is 0. The summed E-state index contributed by atoms with van der Waals surface area (Å²) in [4.78, 5) is 0. The Morgan fingerprint density at radius 3 is 0.897 bits per heavy atom. The topological polar surface area (TPSA) is 44.8 Å². The zero-order valence-corrected chi connectivity index (χ0v) is 26.8. The second-order valence-corrected chi connectivity index (χ2v) is 15.2. The van der Waals surface area contributed by atoms with Crippen LogP contribution < -0.4 is 0 Å². The number of alkyl halides is 9. The number of hydrogen-bond donors (Lipinski definition) is 0. The van der Waals surface area contributed by atoms with Gasteiger partial charge in [-0.05, 0) is 0 Å². The first kappa shape index (κ1) is 32.3. The second kappa shape index (κ2) is 10.9. The monoisotopic (exact) mass is 746 g/mol. The van der Waals surface area contributed by atoms with Crippen LogP contribution >= 0.6 is 125 Å². The van der Waals surface area contributed by atoms with Crippen LogP contribution in [0.2, 0.25) is 0 Å². The predicted molar refractivity (Wildman–Crippen MR) is 137 cm³/mol. The molecule has 0 aliphatic carbocycles. The second-order valence-electron chi connectivity index (χ2n) is 8.32. The third kappa shape index (κ3) is 8.18. The van der Waals surface area contributed by atoms with E-state index in [4.69, 9.17) is 83.2 Å². The van der Waals surface area contributed by atoms with Crippen molar-refractivity contribution in [2.45, 2.75) is 55.1 Å². The molecule has 0 atom stereocenters. The molecular weight excluding hydrogens is 728 g/mol. The van der Waals surface area contributed by atoms with Gasteiger partial charge in [0.15, 0.2) is 0 Å². The van der Waals surface area contributed by atoms with Crippen molar-refractivity contribution in [1.82, 2.24) is 0 Å². The number of rotatable bonds is 12. The van der Waals surface area contributed by atoms with Crippen molar-refractivity contribution < 1.29 is 18.1 Å². The van der Waals surface area contributed by atoms with Gasteiger partial charge in [-0.2, -0.15) is 0 Å². The quantitative estimate of drug-likeness (QED) is 0.147. The number of hydrogen-bond acceptors (Lipinski definition) is 4. The van der Waals surface area contributed by atoms with Crippen molar-refractivity contribution in [3.63, 3.8) is 0 Å². The van der Waals surface area contributed by atoms with E-state index in [0.717, 1.165) is 0 Å². The molecule has 0 saturated carbocycles. The van der Waals surface area contributed by atoms with Crippen LogP contribution in [0, 0.1) is 16.2 Å². The molecule has 0 unspecified atom stereocenters. The Kier molecular flexibility index (Phi) is 12.2. The van der Waals surface area contributed by atoms with Crippen LogP contribution in [0.4, 0.5) is 0 Å². The SMILES string of the molecule is CC(C)(CBr)C(Cl)(Cl)OP(=O)(OC(Cl)(Cl)C(C)(C)CBr)OC(Cl)(Cl)C(C)(C)CBr. The molecule has 0 heterocycles. The maximum Gasteiger partial charge on any atom is 0.482 e. The van der Waals surface area contributed by atoms with Crippen LogP contribution in [-0.2, 0) is 18.1 Å². The number of phosphoric acid groups is 1. The van der Waals surface area contributed by atoms with Crippen LogP contribution in [0.3, 0.4) is 0 Å². The molecule has 14 heteroatoms. The maximum absolute atomic E-state index is 13.7. The molecule has 29 heavy (non-hydrogen) atoms. The highest BCUT2D eigenvalue weighted by Crippen LogP contribution is 2.67. The Morgan fingerprint density at radius 1 is 0.586 bits per heavy atom. The molecule has 0 aliphatic rings. The lowest BCUT2D eigenvalue weighted by Crippen LogP contribution is -2.44. The third-order valence-corrected chi connectivity index (χ3v) is 13.9. The first-order valence-electron chi connectivity index (χ1n) is 8.09. The predicted octanol–water partition coefficient (Wildman–Crippen LogP) is 9.80. The Morgan fingerprint density at radius 2 is 0.759 bits per heavy atom. The summed E-state index contributed by atoms with van der Waals surface area (Å²) in [5.74, 6) is 0. The van der Waals surface area contributed by atoms with Crippen LogP contribution in [0.5, 0.6) is 0 Å². The first-order chi connectivity index (χ1) is 12.6. The fourth-order valence-electron chi connectivity index (χ4n) is 1.08. The molecule has 0 bridgehead atoms. The molecule has 0 amide bonds. The van der Waals surface area contributed by atoms with E-state index in [2.05, 4.69) is 47.8 Å². The normalized spacial score (nSPS) is 15.7. The molecule has 0 aromatic rings. The minimum Gasteiger partial charge on any atom is -0.249 e. The Hall–Kier alpha value is 3.29. The Bertz CT molecular complexity index is 536. The van der Waals surface area contributed by atoms with Crippen LogP contribution in [0.25, 0.3) is 0 Å². The highest BCUT2D eigenvalue weighted by atomic mass is 79.9. The molecule has 0 N–H and O–H groups in total. The summed E-state index contributed by atoms with van der Waals surface area (Å²) in [6.45, 7) is 10.0. The molecule has 0 fully saturated rings. The standard InChI is InChI=1S/C15H24Br3Cl6O4P/c1-10(2,7-16)13(19,20)26-29(25,27-14(21,22)11(3,4)8-17)28-15(23,24)12(5,6)9-18/h7-9H2,1-6H3. The van der Waals surface area contributed by atoms with Crippen molar-refractivity contribution >= 4 is 125 Å². The summed E-state index contributed by atoms with van der Waals surface area (Å²) < 4.78 is 24.0. The number of phosphoric ester groups is 1. The summed E-state index contributed by atoms with van der Waals surface area (Å²) in [7, 11) is -4.77. The smallest absolute Gasteiger partial charge is 0.249 e. The molecule has 4 nitrogen and oxygen atoms in total. The average molecular weight is 752 g/mol. The van der Waals surface area contributed by atoms with E-state index in [0.29, 0.717) is 0 Å². The van der Waals surface area contributed by atoms with E-state index in [1.165, 1.54) is 0 Å². The first-order valence-corrected chi connectivity index (χ1v) is 15.2. The lowest BCUT2D eigenvalue weighted by Gasteiger charge is -2.43. The van der Waals surface area contributed by atoms with E-state index >= 15 is 0 Å². The molecule has 0 radical (unpaired) electrons. The number of halogens is 9. The molecular formula is C15H24Br3Cl6O4P. The lowest BCUT2D eigenvalue weighted by molar-refractivity contribution is -0.0128. The van der Waals surface area contributed by atoms with E-state index in [1.54, 1.807) is 41.5 Å². The van der Waals surface area contributed by atoms with E-state index in [-0.39, 0.29) is 16.0 Å². The van der Waals surface area contributed by atoms with Gasteiger partial charge in [0, 0.05) is 32.2 Å². The highest BCUT2D eigenvalue weighted by Gasteiger charge is 2.58. The molecule has 0 saturated heterocycles. The fraction of sp³-hybridized carbons (Fsp3) is 1.00. The van der Waals surface area contributed by atoms with Gasteiger partial charge in [-0.15, -0.1) is 0 Å². The molecule has 0 spiro atoms. The highest BCUT2D eigenvalue weighted by molar-refractivity contribution is 9.09. The molecule has 0 aromatic heterocycles. The van der Waals surface area contributed by atoms with Crippen LogP contribution in [0.15, 0.2) is 0 Å². The molecule has 176 valence electrons. The van der Waals surface area contributed by atoms with E-state index in [9.17, 15) is 4.57 Å². The van der Waals surface area contributed by atoms with Crippen molar-refractivity contribution in [2.75, 3.05) is 16.0 Å². The summed E-state index contributed by atoms with van der Waals surface area (Å²) >= 11 is 48.0. The van der Waals surface area contributed by atoms with Gasteiger partial charge in [-0.1, -0.05) is 159 Å². The van der Waals surface area contributed by atoms with Crippen LogP contribution in [0.1, 0.15) is 41.5 Å². The van der Waals surface area contributed by atoms with Gasteiger partial charge in [-0.25, -0.2) is 18.1 Å². The van der Waals surface area contributed by atoms with Crippen molar-refractivity contribution in [3.05, 3.63) is 0 Å². The van der Waals surface area contributed by atoms with Gasteiger partial charge in [0.05, 0.1) is 0 Å². The van der Waals surface area contributed by atoms with E-state index in [1.807, 2.05) is 0 Å². The molecule has 0 rings (SSSR count). The summed E-state index contributed by atoms with van der Waals surface area (Å²) in [5, 5.41) is 0.853. The Labute approximate surface area is 228 Å². The average Bonchev–Trinajstić information content (AvgIpc) is 2.51. The van der Waals surface area contributed by atoms with Crippen molar-refractivity contribution in [2.24, 2.45) is 16.2 Å². The molecule has 0 aromatic carbocycles. The largest absolute Gasteiger partial charge is 0.482 e. The van der Waals surface area contributed by atoms with Crippen LogP contribution in [-0.4, -0.2) is 29.5 Å². The Balaban J connectivity index is 6.31. The van der Waals surface area contributed by atoms with E-state index < -0.39 is 37.6 Å². The minimum absolute atomic E-state index is 0.284. The van der Waals surface area contributed by atoms with Crippen molar-refractivity contribution in [1.29, 1.82) is 0 Å². The minimum atomic E-state index is -4.77. The summed E-state index contributed by atoms with van der Waals surface area (Å²) in [6.07, 6.45) is 0. The molecule has 0 aliphatic heterocycles. The lowest BCUT2D eigenvalue weighted by atomic mass is 9.98. The van der Waals surface area contributed by atoms with Gasteiger partial charge in [0.1, 0.15) is 0 Å². The van der Waals surface area contributed by atoms with Gasteiger partial charge >= 0.3 is 7.82 Å². The van der Waals surface area contributed by atoms with Crippen molar-refractivity contribution in [3.8, 4) is 0 Å². The zero-order chi connectivity index (χ0) is 23.7.